The van der Waals surface area contributed by atoms with E-state index >= 15 is 0 Å². The van der Waals surface area contributed by atoms with Crippen LogP contribution in [0, 0.1) is 11.8 Å². The Hall–Kier alpha value is -1.01. The molecule has 0 aliphatic heterocycles. The second kappa shape index (κ2) is 7.43. The lowest BCUT2D eigenvalue weighted by molar-refractivity contribution is -0.117. The number of nitrogens with one attached hydrogen (secondary N) is 1. The number of hydrogen-bond donors (Lipinski definition) is 2. The number of carbonyl (C=O) groups is 1. The zero-order valence-electron chi connectivity index (χ0n) is 11.3. The average molecular weight is 270 g/mol. The monoisotopic (exact) mass is 270 g/mol. The molecule has 1 rings (SSSR count). The summed E-state index contributed by atoms with van der Waals surface area (Å²) in [5.41, 5.74) is 5.68. The molecule has 5 nitrogen and oxygen atoms in total. The molecule has 18 heavy (non-hydrogen) atoms. The molecule has 0 fully saturated rings. The van der Waals surface area contributed by atoms with Crippen LogP contribution in [0.1, 0.15) is 38.6 Å². The summed E-state index contributed by atoms with van der Waals surface area (Å²) in [6.07, 6.45) is 2.27. The maximum atomic E-state index is 11.8. The van der Waals surface area contributed by atoms with E-state index in [9.17, 15) is 4.79 Å². The van der Waals surface area contributed by atoms with Crippen LogP contribution in [0.4, 0.5) is 5.13 Å². The minimum absolute atomic E-state index is 0.0232. The van der Waals surface area contributed by atoms with Crippen LogP contribution in [0.2, 0.25) is 0 Å². The molecule has 0 radical (unpaired) electrons. The molecule has 3 N–H and O–H groups in total. The van der Waals surface area contributed by atoms with Gasteiger partial charge in [-0.3, -0.25) is 4.79 Å². The van der Waals surface area contributed by atoms with Gasteiger partial charge in [-0.1, -0.05) is 32.1 Å². The van der Waals surface area contributed by atoms with Crippen molar-refractivity contribution in [1.29, 1.82) is 0 Å². The number of anilines is 1. The maximum Gasteiger partial charge on any atom is 0.226 e. The maximum absolute atomic E-state index is 11.8. The summed E-state index contributed by atoms with van der Waals surface area (Å²) >= 11 is 1.42. The molecule has 102 valence electrons. The van der Waals surface area contributed by atoms with Crippen molar-refractivity contribution in [3.8, 4) is 0 Å². The Balaban J connectivity index is 2.44. The number of rotatable bonds is 7. The number of aryl methyl sites for hydroxylation is 1. The van der Waals surface area contributed by atoms with Crippen LogP contribution >= 0.6 is 11.3 Å². The van der Waals surface area contributed by atoms with E-state index in [1.807, 2.05) is 6.92 Å². The first kappa shape index (κ1) is 15.0. The largest absolute Gasteiger partial charge is 0.330 e. The van der Waals surface area contributed by atoms with Crippen molar-refractivity contribution in [1.82, 2.24) is 10.2 Å². The van der Waals surface area contributed by atoms with Crippen molar-refractivity contribution in [2.45, 2.75) is 40.0 Å². The molecule has 0 spiro atoms. The Morgan fingerprint density at radius 2 is 2.17 bits per heavy atom. The third-order valence-electron chi connectivity index (χ3n) is 2.63. The van der Waals surface area contributed by atoms with Crippen LogP contribution in [0.15, 0.2) is 0 Å². The number of amides is 1. The normalized spacial score (nSPS) is 12.7. The number of nitrogens with zero attached hydrogens (tertiary/aromatic N) is 2. The Kier molecular flexibility index (Phi) is 6.21. The van der Waals surface area contributed by atoms with Gasteiger partial charge in [-0.25, -0.2) is 0 Å². The van der Waals surface area contributed by atoms with Crippen molar-refractivity contribution in [2.75, 3.05) is 11.9 Å². The van der Waals surface area contributed by atoms with Gasteiger partial charge in [-0.2, -0.15) is 0 Å². The highest BCUT2D eigenvalue weighted by Gasteiger charge is 2.15. The van der Waals surface area contributed by atoms with Crippen molar-refractivity contribution < 1.29 is 4.79 Å². The van der Waals surface area contributed by atoms with E-state index in [0.717, 1.165) is 17.8 Å². The van der Waals surface area contributed by atoms with Gasteiger partial charge in [0, 0.05) is 6.42 Å². The molecule has 1 unspecified atom stereocenters. The molecule has 1 heterocycles. The highest BCUT2D eigenvalue weighted by atomic mass is 32.1. The molecule has 1 amide bonds. The Labute approximate surface area is 112 Å². The molecule has 0 aromatic carbocycles. The van der Waals surface area contributed by atoms with E-state index < -0.39 is 0 Å². The van der Waals surface area contributed by atoms with E-state index in [1.165, 1.54) is 11.3 Å². The predicted octanol–water partition coefficient (Wildman–Crippen LogP) is 2.05. The van der Waals surface area contributed by atoms with Crippen molar-refractivity contribution in [3.63, 3.8) is 0 Å². The average Bonchev–Trinajstić information content (AvgIpc) is 2.75. The summed E-state index contributed by atoms with van der Waals surface area (Å²) in [5.74, 6) is 0.771. The fourth-order valence-electron chi connectivity index (χ4n) is 1.81. The minimum Gasteiger partial charge on any atom is -0.330 e. The zero-order valence-corrected chi connectivity index (χ0v) is 12.1. The second-order valence-corrected chi connectivity index (χ2v) is 5.90. The first-order valence-electron chi connectivity index (χ1n) is 6.37. The summed E-state index contributed by atoms with van der Waals surface area (Å²) in [6, 6.07) is 0. The van der Waals surface area contributed by atoms with Gasteiger partial charge in [-0.05, 0) is 31.2 Å². The summed E-state index contributed by atoms with van der Waals surface area (Å²) in [5, 5.41) is 12.2. The van der Waals surface area contributed by atoms with E-state index in [-0.39, 0.29) is 11.8 Å². The van der Waals surface area contributed by atoms with E-state index in [4.69, 9.17) is 5.73 Å². The summed E-state index contributed by atoms with van der Waals surface area (Å²) in [6.45, 7) is 6.83. The lowest BCUT2D eigenvalue weighted by Crippen LogP contribution is -2.23. The van der Waals surface area contributed by atoms with E-state index in [1.54, 1.807) is 0 Å². The molecule has 0 saturated heterocycles. The smallest absolute Gasteiger partial charge is 0.226 e. The number of aromatic nitrogens is 2. The topological polar surface area (TPSA) is 80.9 Å². The number of nitrogens with two attached hydrogens (primary N) is 1. The molecule has 1 aromatic rings. The standard InChI is InChI=1S/C12H22N4OS/c1-4-11-15-16-12(18-11)14-10(17)6-9(7-13)5-8(2)3/h8-9H,4-7,13H2,1-3H3,(H,14,16,17). The van der Waals surface area contributed by atoms with Gasteiger partial charge in [-0.15, -0.1) is 10.2 Å². The summed E-state index contributed by atoms with van der Waals surface area (Å²) < 4.78 is 0. The highest BCUT2D eigenvalue weighted by molar-refractivity contribution is 7.15. The summed E-state index contributed by atoms with van der Waals surface area (Å²) in [4.78, 5) is 11.8. The van der Waals surface area contributed by atoms with Crippen LogP contribution in [0.3, 0.4) is 0 Å². The molecule has 0 bridgehead atoms. The molecule has 1 aromatic heterocycles. The van der Waals surface area contributed by atoms with Gasteiger partial charge in [0.05, 0.1) is 0 Å². The third-order valence-corrected chi connectivity index (χ3v) is 3.61. The van der Waals surface area contributed by atoms with Gasteiger partial charge >= 0.3 is 0 Å². The molecular weight excluding hydrogens is 248 g/mol. The molecule has 0 aliphatic rings. The lowest BCUT2D eigenvalue weighted by Gasteiger charge is -2.15. The van der Waals surface area contributed by atoms with E-state index in [0.29, 0.717) is 24.0 Å². The van der Waals surface area contributed by atoms with Crippen LogP contribution < -0.4 is 11.1 Å². The van der Waals surface area contributed by atoms with E-state index in [2.05, 4.69) is 29.4 Å². The fraction of sp³-hybridized carbons (Fsp3) is 0.750. The predicted molar refractivity (Wildman–Crippen MR) is 74.5 cm³/mol. The minimum atomic E-state index is -0.0232. The fourth-order valence-corrected chi connectivity index (χ4v) is 2.50. The van der Waals surface area contributed by atoms with Gasteiger partial charge < -0.3 is 11.1 Å². The molecule has 6 heteroatoms. The second-order valence-electron chi connectivity index (χ2n) is 4.84. The van der Waals surface area contributed by atoms with Gasteiger partial charge in [0.15, 0.2) is 0 Å². The van der Waals surface area contributed by atoms with Crippen molar-refractivity contribution in [3.05, 3.63) is 5.01 Å². The highest BCUT2D eigenvalue weighted by Crippen LogP contribution is 2.18. The third kappa shape index (κ3) is 5.10. The number of hydrogen-bond acceptors (Lipinski definition) is 5. The molecule has 1 atom stereocenters. The van der Waals surface area contributed by atoms with Crippen LogP contribution in [0.25, 0.3) is 0 Å². The van der Waals surface area contributed by atoms with Crippen molar-refractivity contribution in [2.24, 2.45) is 17.6 Å². The Morgan fingerprint density at radius 1 is 1.44 bits per heavy atom. The quantitative estimate of drug-likeness (QED) is 0.794. The zero-order chi connectivity index (χ0) is 13.5. The molecule has 0 aliphatic carbocycles. The summed E-state index contributed by atoms with van der Waals surface area (Å²) in [7, 11) is 0. The Morgan fingerprint density at radius 3 is 2.67 bits per heavy atom. The van der Waals surface area contributed by atoms with Crippen LogP contribution in [-0.2, 0) is 11.2 Å². The van der Waals surface area contributed by atoms with Gasteiger partial charge in [0.25, 0.3) is 0 Å². The van der Waals surface area contributed by atoms with Crippen LogP contribution in [0.5, 0.6) is 0 Å². The first-order chi connectivity index (χ1) is 8.55. The van der Waals surface area contributed by atoms with Gasteiger partial charge in [0.2, 0.25) is 11.0 Å². The number of carbonyl (C=O) groups excluding carboxylic acids is 1. The SMILES string of the molecule is CCc1nnc(NC(=O)CC(CN)CC(C)C)s1. The first-order valence-corrected chi connectivity index (χ1v) is 7.19. The molecular formula is C12H22N4OS. The van der Waals surface area contributed by atoms with Crippen molar-refractivity contribution >= 4 is 22.4 Å². The van der Waals surface area contributed by atoms with Crippen LogP contribution in [-0.4, -0.2) is 22.6 Å². The lowest BCUT2D eigenvalue weighted by atomic mass is 9.94. The van der Waals surface area contributed by atoms with Gasteiger partial charge in [0.1, 0.15) is 5.01 Å². The Bertz CT molecular complexity index is 378. The molecule has 0 saturated carbocycles.